The van der Waals surface area contributed by atoms with Crippen molar-refractivity contribution in [2.75, 3.05) is 13.1 Å². The molecule has 1 aliphatic rings. The summed E-state index contributed by atoms with van der Waals surface area (Å²) in [5, 5.41) is 0. The van der Waals surface area contributed by atoms with Crippen LogP contribution in [0.1, 0.15) is 54.8 Å². The number of aromatic amines is 1. The molecule has 1 atom stereocenters. The SMILES string of the molecule is CC(C)n1ccnc1[C@@H]1CCCN(C(=O)c2cn(C)c(=O)[nH]c2=O)C1. The maximum Gasteiger partial charge on any atom is 0.328 e. The second kappa shape index (κ2) is 6.70. The Labute approximate surface area is 145 Å². The lowest BCUT2D eigenvalue weighted by Gasteiger charge is -2.33. The number of rotatable bonds is 3. The van der Waals surface area contributed by atoms with Crippen molar-refractivity contribution in [1.82, 2.24) is 24.0 Å². The molecule has 1 N–H and O–H groups in total. The van der Waals surface area contributed by atoms with Crippen molar-refractivity contribution in [3.05, 3.63) is 50.8 Å². The number of nitrogens with zero attached hydrogens (tertiary/aromatic N) is 4. The van der Waals surface area contributed by atoms with E-state index in [1.807, 2.05) is 6.20 Å². The first-order chi connectivity index (χ1) is 11.9. The Morgan fingerprint density at radius 1 is 1.36 bits per heavy atom. The summed E-state index contributed by atoms with van der Waals surface area (Å²) in [6, 6.07) is 0.301. The molecule has 0 bridgehead atoms. The fourth-order valence-electron chi connectivity index (χ4n) is 3.34. The van der Waals surface area contributed by atoms with E-state index in [1.54, 1.807) is 11.1 Å². The second-order valence-corrected chi connectivity index (χ2v) is 6.79. The quantitative estimate of drug-likeness (QED) is 0.893. The molecule has 134 valence electrons. The predicted molar refractivity (Wildman–Crippen MR) is 92.8 cm³/mol. The largest absolute Gasteiger partial charge is 0.338 e. The first-order valence-corrected chi connectivity index (χ1v) is 8.50. The number of nitrogens with one attached hydrogen (secondary N) is 1. The zero-order chi connectivity index (χ0) is 18.1. The van der Waals surface area contributed by atoms with Crippen LogP contribution in [0, 0.1) is 0 Å². The van der Waals surface area contributed by atoms with Crippen molar-refractivity contribution in [2.24, 2.45) is 7.05 Å². The highest BCUT2D eigenvalue weighted by molar-refractivity contribution is 5.93. The van der Waals surface area contributed by atoms with E-state index in [4.69, 9.17) is 0 Å². The standard InChI is InChI=1S/C17H23N5O3/c1-11(2)22-8-6-18-14(22)12-5-4-7-21(9-12)16(24)13-10-20(3)17(25)19-15(13)23/h6,8,10-12H,4-5,7,9H2,1-3H3,(H,19,23,25)/t12-/m1/s1. The van der Waals surface area contributed by atoms with Crippen LogP contribution in [0.3, 0.4) is 0 Å². The first kappa shape index (κ1) is 17.2. The van der Waals surface area contributed by atoms with Gasteiger partial charge in [0, 0.05) is 50.7 Å². The van der Waals surface area contributed by atoms with Gasteiger partial charge in [-0.25, -0.2) is 9.78 Å². The van der Waals surface area contributed by atoms with Crippen LogP contribution in [-0.2, 0) is 7.05 Å². The van der Waals surface area contributed by atoms with Gasteiger partial charge in [0.1, 0.15) is 11.4 Å². The number of amides is 1. The van der Waals surface area contributed by atoms with Gasteiger partial charge in [-0.2, -0.15) is 0 Å². The number of hydrogen-bond donors (Lipinski definition) is 1. The highest BCUT2D eigenvalue weighted by Crippen LogP contribution is 2.27. The number of imidazole rings is 1. The van der Waals surface area contributed by atoms with Gasteiger partial charge in [0.05, 0.1) is 0 Å². The number of aromatic nitrogens is 4. The molecule has 1 saturated heterocycles. The lowest BCUT2D eigenvalue weighted by molar-refractivity contribution is 0.0700. The molecule has 0 aromatic carbocycles. The van der Waals surface area contributed by atoms with E-state index in [9.17, 15) is 14.4 Å². The van der Waals surface area contributed by atoms with E-state index < -0.39 is 11.2 Å². The zero-order valence-electron chi connectivity index (χ0n) is 14.7. The monoisotopic (exact) mass is 345 g/mol. The van der Waals surface area contributed by atoms with Gasteiger partial charge >= 0.3 is 5.69 Å². The normalized spacial score (nSPS) is 17.9. The van der Waals surface area contributed by atoms with Crippen LogP contribution in [0.15, 0.2) is 28.2 Å². The summed E-state index contributed by atoms with van der Waals surface area (Å²) in [6.45, 7) is 5.31. The van der Waals surface area contributed by atoms with Gasteiger partial charge in [0.2, 0.25) is 0 Å². The molecule has 1 aliphatic heterocycles. The number of likely N-dealkylation sites (tertiary alicyclic amines) is 1. The Kier molecular flexibility index (Phi) is 4.61. The average molecular weight is 345 g/mol. The van der Waals surface area contributed by atoms with E-state index in [-0.39, 0.29) is 17.4 Å². The van der Waals surface area contributed by atoms with Gasteiger partial charge < -0.3 is 14.0 Å². The van der Waals surface area contributed by atoms with Crippen molar-refractivity contribution in [2.45, 2.75) is 38.6 Å². The Morgan fingerprint density at radius 3 is 2.84 bits per heavy atom. The van der Waals surface area contributed by atoms with Crippen LogP contribution >= 0.6 is 0 Å². The molecule has 2 aromatic heterocycles. The lowest BCUT2D eigenvalue weighted by Crippen LogP contribution is -2.43. The minimum Gasteiger partial charge on any atom is -0.338 e. The molecule has 0 unspecified atom stereocenters. The molecule has 8 heteroatoms. The highest BCUT2D eigenvalue weighted by Gasteiger charge is 2.29. The van der Waals surface area contributed by atoms with Crippen LogP contribution < -0.4 is 11.2 Å². The molecular weight excluding hydrogens is 322 g/mol. The summed E-state index contributed by atoms with van der Waals surface area (Å²) in [6.07, 6.45) is 6.86. The molecule has 0 saturated carbocycles. The molecule has 3 heterocycles. The average Bonchev–Trinajstić information content (AvgIpc) is 3.08. The van der Waals surface area contributed by atoms with Gasteiger partial charge in [0.25, 0.3) is 11.5 Å². The summed E-state index contributed by atoms with van der Waals surface area (Å²) < 4.78 is 3.33. The molecule has 1 fully saturated rings. The lowest BCUT2D eigenvalue weighted by atomic mass is 9.96. The van der Waals surface area contributed by atoms with Crippen molar-refractivity contribution in [1.29, 1.82) is 0 Å². The van der Waals surface area contributed by atoms with Crippen molar-refractivity contribution < 1.29 is 4.79 Å². The fraction of sp³-hybridized carbons (Fsp3) is 0.529. The fourth-order valence-corrected chi connectivity index (χ4v) is 3.34. The highest BCUT2D eigenvalue weighted by atomic mass is 16.2. The van der Waals surface area contributed by atoms with Crippen LogP contribution in [0.5, 0.6) is 0 Å². The van der Waals surface area contributed by atoms with Crippen LogP contribution in [0.4, 0.5) is 0 Å². The molecule has 0 radical (unpaired) electrons. The predicted octanol–water partition coefficient (Wildman–Crippen LogP) is 0.871. The third-order valence-corrected chi connectivity index (χ3v) is 4.67. The summed E-state index contributed by atoms with van der Waals surface area (Å²) >= 11 is 0. The van der Waals surface area contributed by atoms with Crippen molar-refractivity contribution in [3.63, 3.8) is 0 Å². The van der Waals surface area contributed by atoms with Gasteiger partial charge in [-0.3, -0.25) is 14.6 Å². The third-order valence-electron chi connectivity index (χ3n) is 4.67. The van der Waals surface area contributed by atoms with Crippen molar-refractivity contribution in [3.8, 4) is 0 Å². The Balaban J connectivity index is 1.85. The van der Waals surface area contributed by atoms with Crippen LogP contribution in [0.2, 0.25) is 0 Å². The number of hydrogen-bond acceptors (Lipinski definition) is 4. The minimum atomic E-state index is -0.640. The number of piperidine rings is 1. The molecule has 1 amide bonds. The topological polar surface area (TPSA) is 93.0 Å². The third kappa shape index (κ3) is 3.29. The van der Waals surface area contributed by atoms with Gasteiger partial charge in [-0.1, -0.05) is 0 Å². The van der Waals surface area contributed by atoms with Crippen molar-refractivity contribution >= 4 is 5.91 Å². The molecule has 25 heavy (non-hydrogen) atoms. The Morgan fingerprint density at radius 2 is 2.12 bits per heavy atom. The number of carbonyl (C=O) groups excluding carboxylic acids is 1. The molecule has 0 spiro atoms. The van der Waals surface area contributed by atoms with E-state index >= 15 is 0 Å². The van der Waals surface area contributed by atoms with Gasteiger partial charge in [-0.05, 0) is 26.7 Å². The van der Waals surface area contributed by atoms with E-state index in [1.165, 1.54) is 17.8 Å². The van der Waals surface area contributed by atoms with E-state index in [0.29, 0.717) is 19.1 Å². The summed E-state index contributed by atoms with van der Waals surface area (Å²) in [5.74, 6) is 0.771. The second-order valence-electron chi connectivity index (χ2n) is 6.79. The molecule has 3 rings (SSSR count). The van der Waals surface area contributed by atoms with E-state index in [0.717, 1.165) is 18.7 Å². The van der Waals surface area contributed by atoms with Crippen LogP contribution in [0.25, 0.3) is 0 Å². The summed E-state index contributed by atoms with van der Waals surface area (Å²) in [5.41, 5.74) is -1.18. The van der Waals surface area contributed by atoms with Gasteiger partial charge in [-0.15, -0.1) is 0 Å². The molecular formula is C17H23N5O3. The maximum absolute atomic E-state index is 12.8. The number of carbonyl (C=O) groups is 1. The van der Waals surface area contributed by atoms with E-state index in [2.05, 4.69) is 28.4 Å². The Bertz CT molecular complexity index is 892. The smallest absolute Gasteiger partial charge is 0.328 e. The molecule has 8 nitrogen and oxygen atoms in total. The summed E-state index contributed by atoms with van der Waals surface area (Å²) in [7, 11) is 1.51. The molecule has 0 aliphatic carbocycles. The minimum absolute atomic E-state index is 0.00467. The van der Waals surface area contributed by atoms with Gasteiger partial charge in [0.15, 0.2) is 0 Å². The first-order valence-electron chi connectivity index (χ1n) is 8.50. The molecule has 2 aromatic rings. The summed E-state index contributed by atoms with van der Waals surface area (Å²) in [4.78, 5) is 44.6. The number of aryl methyl sites for hydroxylation is 1. The number of H-pyrrole nitrogens is 1. The zero-order valence-corrected chi connectivity index (χ0v) is 14.7. The Hall–Kier alpha value is -2.64. The van der Waals surface area contributed by atoms with Crippen LogP contribution in [-0.4, -0.2) is 43.0 Å². The maximum atomic E-state index is 12.8.